The van der Waals surface area contributed by atoms with E-state index in [0.29, 0.717) is 18.8 Å². The fourth-order valence-corrected chi connectivity index (χ4v) is 4.04. The number of carbonyl (C=O) groups excluding carboxylic acids is 2. The highest BCUT2D eigenvalue weighted by Gasteiger charge is 2.33. The summed E-state index contributed by atoms with van der Waals surface area (Å²) in [5.41, 5.74) is 5.35. The number of carbonyl (C=O) groups is 3. The first-order valence-electron chi connectivity index (χ1n) is 8.79. The number of nitrogens with one attached hydrogen (secondary N) is 1. The molecular formula is C17H28N2O4. The van der Waals surface area contributed by atoms with Crippen molar-refractivity contribution in [1.29, 1.82) is 0 Å². The van der Waals surface area contributed by atoms with Crippen LogP contribution in [0.2, 0.25) is 0 Å². The number of carboxylic acids is 1. The lowest BCUT2D eigenvalue weighted by atomic mass is 9.79. The van der Waals surface area contributed by atoms with Crippen LogP contribution in [0.25, 0.3) is 0 Å². The first kappa shape index (κ1) is 17.8. The Hall–Kier alpha value is -1.59. The number of hydrogen-bond acceptors (Lipinski definition) is 3. The molecule has 0 aliphatic heterocycles. The highest BCUT2D eigenvalue weighted by molar-refractivity contribution is 5.81. The van der Waals surface area contributed by atoms with Gasteiger partial charge in [0.2, 0.25) is 11.8 Å². The van der Waals surface area contributed by atoms with Gasteiger partial charge in [0.05, 0.1) is 5.92 Å². The van der Waals surface area contributed by atoms with Crippen LogP contribution in [0.3, 0.4) is 0 Å². The Balaban J connectivity index is 1.95. The fourth-order valence-electron chi connectivity index (χ4n) is 4.04. The molecule has 2 amide bonds. The molecule has 23 heavy (non-hydrogen) atoms. The number of hydrogen-bond donors (Lipinski definition) is 3. The minimum atomic E-state index is -0.816. The van der Waals surface area contributed by atoms with E-state index in [-0.39, 0.29) is 24.3 Å². The summed E-state index contributed by atoms with van der Waals surface area (Å²) in [5.74, 6) is -1.70. The molecule has 3 unspecified atom stereocenters. The first-order chi connectivity index (χ1) is 11.0. The van der Waals surface area contributed by atoms with E-state index in [1.165, 1.54) is 6.42 Å². The second-order valence-corrected chi connectivity index (χ2v) is 7.08. The van der Waals surface area contributed by atoms with Gasteiger partial charge < -0.3 is 16.2 Å². The smallest absolute Gasteiger partial charge is 0.306 e. The van der Waals surface area contributed by atoms with Gasteiger partial charge in [-0.2, -0.15) is 0 Å². The molecule has 0 heterocycles. The average molecular weight is 324 g/mol. The van der Waals surface area contributed by atoms with E-state index in [0.717, 1.165) is 38.5 Å². The van der Waals surface area contributed by atoms with Crippen molar-refractivity contribution in [3.63, 3.8) is 0 Å². The van der Waals surface area contributed by atoms with Crippen molar-refractivity contribution in [2.75, 3.05) is 0 Å². The summed E-state index contributed by atoms with van der Waals surface area (Å²) in [5, 5.41) is 12.2. The topological polar surface area (TPSA) is 109 Å². The lowest BCUT2D eigenvalue weighted by molar-refractivity contribution is -0.144. The van der Waals surface area contributed by atoms with E-state index >= 15 is 0 Å². The van der Waals surface area contributed by atoms with E-state index in [9.17, 15) is 14.4 Å². The summed E-state index contributed by atoms with van der Waals surface area (Å²) in [6.45, 7) is 0. The van der Waals surface area contributed by atoms with E-state index < -0.39 is 17.8 Å². The molecule has 0 bridgehead atoms. The van der Waals surface area contributed by atoms with Crippen molar-refractivity contribution in [2.45, 2.75) is 70.3 Å². The van der Waals surface area contributed by atoms with Crippen LogP contribution >= 0.6 is 0 Å². The third-order valence-electron chi connectivity index (χ3n) is 5.36. The molecule has 6 nitrogen and oxygen atoms in total. The maximum absolute atomic E-state index is 12.5. The Bertz CT molecular complexity index is 446. The van der Waals surface area contributed by atoms with Crippen LogP contribution in [0.1, 0.15) is 64.2 Å². The molecule has 2 aliphatic carbocycles. The van der Waals surface area contributed by atoms with Gasteiger partial charge in [0, 0.05) is 18.4 Å². The van der Waals surface area contributed by atoms with Gasteiger partial charge in [-0.3, -0.25) is 14.4 Å². The Morgan fingerprint density at radius 3 is 2.26 bits per heavy atom. The maximum Gasteiger partial charge on any atom is 0.306 e. The summed E-state index contributed by atoms with van der Waals surface area (Å²) in [6, 6.07) is -0.203. The van der Waals surface area contributed by atoms with Crippen molar-refractivity contribution in [3.05, 3.63) is 0 Å². The number of amides is 2. The van der Waals surface area contributed by atoms with Crippen LogP contribution in [0, 0.1) is 17.8 Å². The summed E-state index contributed by atoms with van der Waals surface area (Å²) in [4.78, 5) is 35.0. The highest BCUT2D eigenvalue weighted by atomic mass is 16.4. The number of carboxylic acid groups (broad SMARTS) is 1. The van der Waals surface area contributed by atoms with Crippen LogP contribution in [0.4, 0.5) is 0 Å². The predicted octanol–water partition coefficient (Wildman–Crippen LogP) is 1.82. The van der Waals surface area contributed by atoms with E-state index in [4.69, 9.17) is 10.8 Å². The summed E-state index contributed by atoms with van der Waals surface area (Å²) >= 11 is 0. The van der Waals surface area contributed by atoms with Crippen LogP contribution in [0.15, 0.2) is 0 Å². The molecule has 6 heteroatoms. The van der Waals surface area contributed by atoms with Crippen LogP contribution in [0.5, 0.6) is 0 Å². The average Bonchev–Trinajstić information content (AvgIpc) is 2.54. The zero-order valence-corrected chi connectivity index (χ0v) is 13.6. The van der Waals surface area contributed by atoms with Gasteiger partial charge in [0.1, 0.15) is 0 Å². The summed E-state index contributed by atoms with van der Waals surface area (Å²) < 4.78 is 0. The van der Waals surface area contributed by atoms with Crippen LogP contribution in [-0.2, 0) is 14.4 Å². The Morgan fingerprint density at radius 2 is 1.65 bits per heavy atom. The number of nitrogens with two attached hydrogens (primary N) is 1. The van der Waals surface area contributed by atoms with Crippen LogP contribution in [-0.4, -0.2) is 28.9 Å². The SMILES string of the molecule is NC(=O)CC(NC(=O)C1CCCC(C(=O)O)C1)C1CCCCC1. The second-order valence-electron chi connectivity index (χ2n) is 7.08. The highest BCUT2D eigenvalue weighted by Crippen LogP contribution is 2.31. The normalized spacial score (nSPS) is 27.1. The molecule has 0 aromatic heterocycles. The Kier molecular flexibility index (Phi) is 6.42. The number of primary amides is 1. The van der Waals surface area contributed by atoms with Gasteiger partial charge in [-0.05, 0) is 38.0 Å². The molecule has 3 atom stereocenters. The quantitative estimate of drug-likeness (QED) is 0.692. The number of aliphatic carboxylic acids is 1. The summed E-state index contributed by atoms with van der Waals surface area (Å²) in [6.07, 6.45) is 8.19. The van der Waals surface area contributed by atoms with Crippen molar-refractivity contribution in [2.24, 2.45) is 23.5 Å². The van der Waals surface area contributed by atoms with Gasteiger partial charge >= 0.3 is 5.97 Å². The van der Waals surface area contributed by atoms with Crippen molar-refractivity contribution in [1.82, 2.24) is 5.32 Å². The lowest BCUT2D eigenvalue weighted by Gasteiger charge is -2.33. The van der Waals surface area contributed by atoms with Crippen LogP contribution < -0.4 is 11.1 Å². The minimum absolute atomic E-state index is 0.104. The molecule has 4 N–H and O–H groups in total. The molecule has 0 spiro atoms. The van der Waals surface area contributed by atoms with Crippen molar-refractivity contribution >= 4 is 17.8 Å². The first-order valence-corrected chi connectivity index (χ1v) is 8.79. The minimum Gasteiger partial charge on any atom is -0.481 e. The molecule has 2 aliphatic rings. The third-order valence-corrected chi connectivity index (χ3v) is 5.36. The van der Waals surface area contributed by atoms with Crippen molar-refractivity contribution in [3.8, 4) is 0 Å². The van der Waals surface area contributed by atoms with Gasteiger partial charge in [-0.15, -0.1) is 0 Å². The Labute approximate surface area is 137 Å². The van der Waals surface area contributed by atoms with E-state index in [1.807, 2.05) is 0 Å². The molecule has 2 saturated carbocycles. The van der Waals surface area contributed by atoms with Crippen molar-refractivity contribution < 1.29 is 19.5 Å². The monoisotopic (exact) mass is 324 g/mol. The molecule has 0 aromatic rings. The van der Waals surface area contributed by atoms with Gasteiger partial charge in [-0.1, -0.05) is 25.7 Å². The zero-order chi connectivity index (χ0) is 16.8. The summed E-state index contributed by atoms with van der Waals surface area (Å²) in [7, 11) is 0. The van der Waals surface area contributed by atoms with E-state index in [1.54, 1.807) is 0 Å². The molecule has 0 aromatic carbocycles. The largest absolute Gasteiger partial charge is 0.481 e. The molecule has 0 radical (unpaired) electrons. The van der Waals surface area contributed by atoms with Gasteiger partial charge in [0.15, 0.2) is 0 Å². The molecule has 0 saturated heterocycles. The molecule has 130 valence electrons. The van der Waals surface area contributed by atoms with Gasteiger partial charge in [-0.25, -0.2) is 0 Å². The predicted molar refractivity (Wildman–Crippen MR) is 85.4 cm³/mol. The molecule has 2 fully saturated rings. The standard InChI is InChI=1S/C17H28N2O4/c18-15(20)10-14(11-5-2-1-3-6-11)19-16(21)12-7-4-8-13(9-12)17(22)23/h11-14H,1-10H2,(H2,18,20)(H,19,21)(H,22,23). The lowest BCUT2D eigenvalue weighted by Crippen LogP contribution is -2.46. The van der Waals surface area contributed by atoms with Gasteiger partial charge in [0.25, 0.3) is 0 Å². The zero-order valence-electron chi connectivity index (χ0n) is 13.6. The fraction of sp³-hybridized carbons (Fsp3) is 0.824. The molecular weight excluding hydrogens is 296 g/mol. The second kappa shape index (κ2) is 8.31. The maximum atomic E-state index is 12.5. The number of rotatable bonds is 6. The molecule has 2 rings (SSSR count). The van der Waals surface area contributed by atoms with E-state index in [2.05, 4.69) is 5.32 Å². The third kappa shape index (κ3) is 5.22. The Morgan fingerprint density at radius 1 is 1.00 bits per heavy atom.